The van der Waals surface area contributed by atoms with Gasteiger partial charge in [-0.05, 0) is 78.6 Å². The zero-order valence-corrected chi connectivity index (χ0v) is 27.0. The molecule has 2 fully saturated rings. The number of morpholine rings is 1. The third kappa shape index (κ3) is 6.68. The van der Waals surface area contributed by atoms with E-state index in [-0.39, 0.29) is 12.6 Å². The topological polar surface area (TPSA) is 104 Å². The number of anilines is 1. The summed E-state index contributed by atoms with van der Waals surface area (Å²) in [6.07, 6.45) is 9.29. The maximum absolute atomic E-state index is 9.87. The predicted molar refractivity (Wildman–Crippen MR) is 179 cm³/mol. The van der Waals surface area contributed by atoms with E-state index in [1.54, 1.807) is 12.4 Å². The average Bonchev–Trinajstić information content (AvgIpc) is 3.60. The molecule has 7 rings (SSSR count). The van der Waals surface area contributed by atoms with Crippen molar-refractivity contribution in [3.05, 3.63) is 100.0 Å². The smallest absolute Gasteiger partial charge is 0.128 e. The molecule has 2 aromatic carbocycles. The van der Waals surface area contributed by atoms with Crippen molar-refractivity contribution in [3.63, 3.8) is 0 Å². The van der Waals surface area contributed by atoms with Crippen LogP contribution in [0.15, 0.2) is 61.1 Å². The Labute approximate surface area is 276 Å². The molecule has 1 unspecified atom stereocenters. The van der Waals surface area contributed by atoms with Gasteiger partial charge in [0.1, 0.15) is 36.6 Å². The summed E-state index contributed by atoms with van der Waals surface area (Å²) in [6.45, 7) is 7.96. The summed E-state index contributed by atoms with van der Waals surface area (Å²) >= 11 is 0. The standard InChI is InChI=1S/C38H41N5O4/c1-26-30(4-2-5-32(26)29-8-9-38(41-21-29)42-12-14-45-15-13-42)25-47-36-17-37(46-24-28-16-27(18-39)19-40-20-28)35(33-6-3-7-34(33)36)22-43-11-10-31(43)23-44/h2,4-5,8-9,16-17,19-21,31,44H,3,6-7,10-15,22-25H2,1H3. The maximum atomic E-state index is 9.87. The van der Waals surface area contributed by atoms with E-state index in [1.807, 2.05) is 12.3 Å². The number of pyridine rings is 2. The lowest BCUT2D eigenvalue weighted by atomic mass is 9.96. The van der Waals surface area contributed by atoms with Crippen molar-refractivity contribution in [3.8, 4) is 28.7 Å². The Bertz CT molecular complexity index is 1760. The molecular formula is C38H41N5O4. The molecule has 0 spiro atoms. The molecule has 1 atom stereocenters. The van der Waals surface area contributed by atoms with Crippen LogP contribution in [0.25, 0.3) is 11.1 Å². The van der Waals surface area contributed by atoms with Crippen LogP contribution < -0.4 is 14.4 Å². The molecule has 0 saturated carbocycles. The van der Waals surface area contributed by atoms with Gasteiger partial charge in [0.25, 0.3) is 0 Å². The highest BCUT2D eigenvalue weighted by Gasteiger charge is 2.31. The summed E-state index contributed by atoms with van der Waals surface area (Å²) in [7, 11) is 0. The fourth-order valence-corrected chi connectivity index (χ4v) is 6.96. The molecule has 0 radical (unpaired) electrons. The number of nitrogens with zero attached hydrogens (tertiary/aromatic N) is 5. The van der Waals surface area contributed by atoms with Crippen LogP contribution in [0.5, 0.6) is 11.5 Å². The fraction of sp³-hybridized carbons (Fsp3) is 0.395. The minimum atomic E-state index is 0.165. The summed E-state index contributed by atoms with van der Waals surface area (Å²) in [5.41, 5.74) is 9.65. The zero-order chi connectivity index (χ0) is 32.2. The number of hydrogen-bond donors (Lipinski definition) is 1. The van der Waals surface area contributed by atoms with Gasteiger partial charge in [-0.3, -0.25) is 9.88 Å². The van der Waals surface area contributed by atoms with E-state index in [0.717, 1.165) is 105 Å². The first-order chi connectivity index (χ1) is 23.1. The zero-order valence-electron chi connectivity index (χ0n) is 27.0. The predicted octanol–water partition coefficient (Wildman–Crippen LogP) is 5.37. The van der Waals surface area contributed by atoms with Gasteiger partial charge >= 0.3 is 0 Å². The molecule has 3 aliphatic rings. The van der Waals surface area contributed by atoms with Crippen molar-refractivity contribution in [1.82, 2.24) is 14.9 Å². The molecule has 1 aliphatic carbocycles. The number of fused-ring (bicyclic) bond motifs is 1. The lowest BCUT2D eigenvalue weighted by molar-refractivity contribution is 0.0346. The molecule has 0 bridgehead atoms. The second-order valence-corrected chi connectivity index (χ2v) is 12.6. The third-order valence-electron chi connectivity index (χ3n) is 9.82. The van der Waals surface area contributed by atoms with Crippen LogP contribution in [0.2, 0.25) is 0 Å². The van der Waals surface area contributed by atoms with Gasteiger partial charge in [-0.25, -0.2) is 4.98 Å². The highest BCUT2D eigenvalue weighted by molar-refractivity contribution is 5.69. The van der Waals surface area contributed by atoms with E-state index in [9.17, 15) is 10.4 Å². The Balaban J connectivity index is 1.14. The first-order valence-corrected chi connectivity index (χ1v) is 16.6. The number of likely N-dealkylation sites (tertiary alicyclic amines) is 1. The SMILES string of the molecule is Cc1c(COc2cc(OCc3cncc(C#N)c3)c(CN3CCC3CO)c3c2CCC3)cccc1-c1ccc(N2CCOCC2)nc1. The Morgan fingerprint density at radius 2 is 1.83 bits per heavy atom. The molecule has 0 amide bonds. The van der Waals surface area contributed by atoms with Crippen LogP contribution in [0.1, 0.15) is 51.8 Å². The highest BCUT2D eigenvalue weighted by Crippen LogP contribution is 2.41. The van der Waals surface area contributed by atoms with Crippen LogP contribution in [0.3, 0.4) is 0 Å². The molecule has 1 N–H and O–H groups in total. The molecule has 9 heteroatoms. The highest BCUT2D eigenvalue weighted by atomic mass is 16.5. The Morgan fingerprint density at radius 3 is 2.60 bits per heavy atom. The van der Waals surface area contributed by atoms with E-state index in [0.29, 0.717) is 18.8 Å². The van der Waals surface area contributed by atoms with Gasteiger partial charge in [0.2, 0.25) is 0 Å². The van der Waals surface area contributed by atoms with Gasteiger partial charge in [0.05, 0.1) is 25.4 Å². The second-order valence-electron chi connectivity index (χ2n) is 12.6. The van der Waals surface area contributed by atoms with Crippen molar-refractivity contribution in [1.29, 1.82) is 5.26 Å². The lowest BCUT2D eigenvalue weighted by Crippen LogP contribution is -2.49. The first-order valence-electron chi connectivity index (χ1n) is 16.6. The van der Waals surface area contributed by atoms with Crippen molar-refractivity contribution in [2.45, 2.75) is 58.4 Å². The minimum Gasteiger partial charge on any atom is -0.488 e. The second kappa shape index (κ2) is 14.1. The number of aliphatic hydroxyl groups is 1. The summed E-state index contributed by atoms with van der Waals surface area (Å²) in [4.78, 5) is 13.6. The third-order valence-corrected chi connectivity index (χ3v) is 9.82. The van der Waals surface area contributed by atoms with Crippen LogP contribution in [-0.2, 0) is 37.3 Å². The van der Waals surface area contributed by atoms with E-state index in [2.05, 4.69) is 64.2 Å². The number of rotatable bonds is 11. The van der Waals surface area contributed by atoms with Gasteiger partial charge in [-0.1, -0.05) is 18.2 Å². The fourth-order valence-electron chi connectivity index (χ4n) is 6.96. The van der Waals surface area contributed by atoms with E-state index >= 15 is 0 Å². The quantitative estimate of drug-likeness (QED) is 0.234. The molecule has 242 valence electrons. The van der Waals surface area contributed by atoms with Gasteiger partial charge < -0.3 is 24.2 Å². The normalized spacial score (nSPS) is 17.6. The molecule has 2 aromatic heterocycles. The lowest BCUT2D eigenvalue weighted by Gasteiger charge is -2.40. The summed E-state index contributed by atoms with van der Waals surface area (Å²) in [5, 5.41) is 19.2. The summed E-state index contributed by atoms with van der Waals surface area (Å²) < 4.78 is 18.6. The van der Waals surface area contributed by atoms with E-state index < -0.39 is 0 Å². The first kappa shape index (κ1) is 31.1. The Kier molecular flexibility index (Phi) is 9.34. The number of ether oxygens (including phenoxy) is 3. The molecular weight excluding hydrogens is 590 g/mol. The maximum Gasteiger partial charge on any atom is 0.128 e. The van der Waals surface area contributed by atoms with Gasteiger partial charge in [0.15, 0.2) is 0 Å². The van der Waals surface area contributed by atoms with Crippen LogP contribution in [0.4, 0.5) is 5.82 Å². The van der Waals surface area contributed by atoms with Gasteiger partial charge in [0, 0.05) is 73.6 Å². The molecule has 2 aliphatic heterocycles. The number of nitriles is 1. The van der Waals surface area contributed by atoms with Crippen molar-refractivity contribution in [2.75, 3.05) is 44.4 Å². The van der Waals surface area contributed by atoms with Crippen LogP contribution in [0, 0.1) is 18.3 Å². The Hall–Kier alpha value is -4.49. The van der Waals surface area contributed by atoms with Crippen LogP contribution in [-0.4, -0.2) is 65.5 Å². The van der Waals surface area contributed by atoms with Crippen molar-refractivity contribution < 1.29 is 19.3 Å². The summed E-state index contributed by atoms with van der Waals surface area (Å²) in [5.74, 6) is 2.65. The van der Waals surface area contributed by atoms with E-state index in [1.165, 1.54) is 22.3 Å². The number of benzene rings is 2. The van der Waals surface area contributed by atoms with Crippen molar-refractivity contribution in [2.24, 2.45) is 0 Å². The van der Waals surface area contributed by atoms with Crippen LogP contribution >= 0.6 is 0 Å². The minimum absolute atomic E-state index is 0.165. The molecule has 9 nitrogen and oxygen atoms in total. The van der Waals surface area contributed by atoms with Gasteiger partial charge in [-0.15, -0.1) is 0 Å². The molecule has 2 saturated heterocycles. The number of hydrogen-bond acceptors (Lipinski definition) is 9. The number of aliphatic hydroxyl groups excluding tert-OH is 1. The average molecular weight is 632 g/mol. The molecule has 47 heavy (non-hydrogen) atoms. The van der Waals surface area contributed by atoms with E-state index in [4.69, 9.17) is 19.2 Å². The molecule has 4 heterocycles. The molecule has 4 aromatic rings. The van der Waals surface area contributed by atoms with Gasteiger partial charge in [-0.2, -0.15) is 5.26 Å². The van der Waals surface area contributed by atoms with Crippen molar-refractivity contribution >= 4 is 5.82 Å². The number of aromatic nitrogens is 2. The largest absolute Gasteiger partial charge is 0.488 e. The monoisotopic (exact) mass is 631 g/mol. The summed E-state index contributed by atoms with van der Waals surface area (Å²) in [6, 6.07) is 16.9. The Morgan fingerprint density at radius 1 is 0.979 bits per heavy atom.